The molecule has 0 fully saturated rings. The van der Waals surface area contributed by atoms with Crippen molar-refractivity contribution >= 4 is 23.0 Å². The molecule has 0 aliphatic carbocycles. The Balaban J connectivity index is 2.58. The first kappa shape index (κ1) is 19.7. The lowest BCUT2D eigenvalue weighted by Gasteiger charge is -2.10. The van der Waals surface area contributed by atoms with Crippen LogP contribution in [0.15, 0.2) is 12.1 Å². The van der Waals surface area contributed by atoms with E-state index in [2.05, 4.69) is 0 Å². The second-order valence-electron chi connectivity index (χ2n) is 5.05. The highest BCUT2D eigenvalue weighted by atomic mass is 19.2. The van der Waals surface area contributed by atoms with Crippen LogP contribution in [-0.4, -0.2) is 15.8 Å². The molecular formula is C14H6F5N3O5. The molecule has 0 saturated carbocycles. The van der Waals surface area contributed by atoms with Gasteiger partial charge in [-0.2, -0.15) is 0 Å². The number of nitro groups is 2. The monoisotopic (exact) mass is 391 g/mol. The molecule has 0 atom stereocenters. The molecule has 0 aliphatic rings. The Hall–Kier alpha value is -3.64. The molecule has 1 amide bonds. The van der Waals surface area contributed by atoms with E-state index in [-0.39, 0.29) is 0 Å². The number of carbonyl (C=O) groups is 1. The third-order valence-electron chi connectivity index (χ3n) is 3.46. The highest BCUT2D eigenvalue weighted by Gasteiger charge is 2.29. The van der Waals surface area contributed by atoms with E-state index in [1.54, 1.807) is 0 Å². The van der Waals surface area contributed by atoms with Gasteiger partial charge < -0.3 is 5.32 Å². The first-order valence-corrected chi connectivity index (χ1v) is 6.73. The van der Waals surface area contributed by atoms with Crippen LogP contribution in [0.3, 0.4) is 0 Å². The van der Waals surface area contributed by atoms with Crippen LogP contribution in [0.25, 0.3) is 0 Å². The van der Waals surface area contributed by atoms with Gasteiger partial charge in [-0.25, -0.2) is 22.0 Å². The predicted molar refractivity (Wildman–Crippen MR) is 78.7 cm³/mol. The van der Waals surface area contributed by atoms with Gasteiger partial charge in [0, 0.05) is 12.1 Å². The number of nitrogens with one attached hydrogen (secondary N) is 1. The van der Waals surface area contributed by atoms with Gasteiger partial charge in [-0.05, 0) is 6.92 Å². The topological polar surface area (TPSA) is 115 Å². The zero-order valence-corrected chi connectivity index (χ0v) is 13.0. The van der Waals surface area contributed by atoms with Crippen molar-refractivity contribution in [2.75, 3.05) is 5.32 Å². The first-order valence-electron chi connectivity index (χ1n) is 6.73. The smallest absolute Gasteiger partial charge is 0.279 e. The van der Waals surface area contributed by atoms with Crippen molar-refractivity contribution in [3.63, 3.8) is 0 Å². The normalized spacial score (nSPS) is 10.6. The summed E-state index contributed by atoms with van der Waals surface area (Å²) in [5, 5.41) is 23.3. The van der Waals surface area contributed by atoms with Crippen LogP contribution in [-0.2, 0) is 0 Å². The van der Waals surface area contributed by atoms with Crippen LogP contribution in [0.4, 0.5) is 39.0 Å². The van der Waals surface area contributed by atoms with E-state index in [0.29, 0.717) is 12.1 Å². The van der Waals surface area contributed by atoms with E-state index < -0.39 is 73.0 Å². The summed E-state index contributed by atoms with van der Waals surface area (Å²) in [6, 6.07) is 1.12. The summed E-state index contributed by atoms with van der Waals surface area (Å²) in [7, 11) is 0. The summed E-state index contributed by atoms with van der Waals surface area (Å²) in [5.74, 6) is -13.4. The third kappa shape index (κ3) is 3.38. The minimum Gasteiger partial charge on any atom is -0.317 e. The number of carbonyl (C=O) groups excluding carboxylic acids is 1. The Labute approximate surface area is 145 Å². The van der Waals surface area contributed by atoms with Crippen LogP contribution >= 0.6 is 0 Å². The molecule has 2 aromatic rings. The molecule has 0 saturated heterocycles. The second kappa shape index (κ2) is 6.93. The molecule has 13 heteroatoms. The summed E-state index contributed by atoms with van der Waals surface area (Å²) in [6.45, 7) is 1.03. The van der Waals surface area contributed by atoms with Crippen molar-refractivity contribution in [3.05, 3.63) is 72.6 Å². The van der Waals surface area contributed by atoms with Gasteiger partial charge in [-0.15, -0.1) is 0 Å². The Bertz CT molecular complexity index is 947. The van der Waals surface area contributed by atoms with E-state index in [9.17, 15) is 47.0 Å². The number of halogens is 5. The minimum absolute atomic E-state index is 0.405. The molecule has 2 aromatic carbocycles. The molecule has 0 spiro atoms. The molecule has 142 valence electrons. The fourth-order valence-corrected chi connectivity index (χ4v) is 2.09. The molecule has 0 aliphatic heterocycles. The van der Waals surface area contributed by atoms with Crippen LogP contribution in [0, 0.1) is 56.2 Å². The Morgan fingerprint density at radius 2 is 1.22 bits per heavy atom. The Morgan fingerprint density at radius 3 is 1.59 bits per heavy atom. The number of hydrogen-bond acceptors (Lipinski definition) is 5. The highest BCUT2D eigenvalue weighted by molar-refractivity contribution is 6.05. The summed E-state index contributed by atoms with van der Waals surface area (Å²) in [6.07, 6.45) is 0. The van der Waals surface area contributed by atoms with Gasteiger partial charge in [-0.1, -0.05) is 0 Å². The number of amides is 1. The molecule has 2 rings (SSSR count). The third-order valence-corrected chi connectivity index (χ3v) is 3.46. The number of hydrogen-bond donors (Lipinski definition) is 1. The molecule has 1 N–H and O–H groups in total. The van der Waals surface area contributed by atoms with E-state index in [1.807, 2.05) is 0 Å². The van der Waals surface area contributed by atoms with E-state index in [0.717, 1.165) is 6.92 Å². The lowest BCUT2D eigenvalue weighted by atomic mass is 10.1. The number of anilines is 1. The quantitative estimate of drug-likeness (QED) is 0.280. The van der Waals surface area contributed by atoms with Crippen LogP contribution in [0.2, 0.25) is 0 Å². The summed E-state index contributed by atoms with van der Waals surface area (Å²) in [5.41, 5.74) is -4.62. The predicted octanol–water partition coefficient (Wildman–Crippen LogP) is 3.76. The standard InChI is InChI=1S/C14H6F5N3O5/c1-4-6(21(24)25)2-5(3-7(4)22(26)27)14(23)20-13-11(18)9(16)8(15)10(17)12(13)19/h2-3H,1H3,(H,20,23). The van der Waals surface area contributed by atoms with Gasteiger partial charge in [-0.3, -0.25) is 25.0 Å². The SMILES string of the molecule is Cc1c([N+](=O)[O-])cc(C(=O)Nc2c(F)c(F)c(F)c(F)c2F)cc1[N+](=O)[O-]. The first-order chi connectivity index (χ1) is 12.5. The number of benzene rings is 2. The zero-order chi connectivity index (χ0) is 20.6. The van der Waals surface area contributed by atoms with Crippen LogP contribution < -0.4 is 5.32 Å². The maximum atomic E-state index is 13.6. The fourth-order valence-electron chi connectivity index (χ4n) is 2.09. The number of rotatable bonds is 4. The minimum atomic E-state index is -2.45. The van der Waals surface area contributed by atoms with E-state index in [1.165, 1.54) is 5.32 Å². The van der Waals surface area contributed by atoms with Gasteiger partial charge >= 0.3 is 0 Å². The van der Waals surface area contributed by atoms with Gasteiger partial charge in [0.15, 0.2) is 23.3 Å². The average Bonchev–Trinajstić information content (AvgIpc) is 2.61. The lowest BCUT2D eigenvalue weighted by Crippen LogP contribution is -2.17. The van der Waals surface area contributed by atoms with Crippen LogP contribution in [0.1, 0.15) is 15.9 Å². The Kier molecular flexibility index (Phi) is 5.05. The Morgan fingerprint density at radius 1 is 0.852 bits per heavy atom. The average molecular weight is 391 g/mol. The van der Waals surface area contributed by atoms with Crippen molar-refractivity contribution in [3.8, 4) is 0 Å². The number of nitrogens with zero attached hydrogens (tertiary/aromatic N) is 2. The number of nitro benzene ring substituents is 2. The maximum absolute atomic E-state index is 13.6. The molecule has 27 heavy (non-hydrogen) atoms. The molecule has 0 aromatic heterocycles. The second-order valence-corrected chi connectivity index (χ2v) is 5.05. The summed E-state index contributed by atoms with van der Waals surface area (Å²) < 4.78 is 66.5. The van der Waals surface area contributed by atoms with Crippen molar-refractivity contribution in [1.29, 1.82) is 0 Å². The fraction of sp³-hybridized carbons (Fsp3) is 0.0714. The zero-order valence-electron chi connectivity index (χ0n) is 13.0. The van der Waals surface area contributed by atoms with Crippen molar-refractivity contribution in [2.45, 2.75) is 6.92 Å². The van der Waals surface area contributed by atoms with Gasteiger partial charge in [0.2, 0.25) is 5.82 Å². The van der Waals surface area contributed by atoms with Crippen LogP contribution in [0.5, 0.6) is 0 Å². The molecule has 0 radical (unpaired) electrons. The maximum Gasteiger partial charge on any atom is 0.279 e. The summed E-state index contributed by atoms with van der Waals surface area (Å²) >= 11 is 0. The van der Waals surface area contributed by atoms with Gasteiger partial charge in [0.1, 0.15) is 11.3 Å². The molecule has 0 heterocycles. The van der Waals surface area contributed by atoms with E-state index in [4.69, 9.17) is 0 Å². The van der Waals surface area contributed by atoms with Crippen molar-refractivity contribution < 1.29 is 36.6 Å². The molecule has 0 unspecified atom stereocenters. The highest BCUT2D eigenvalue weighted by Crippen LogP contribution is 2.31. The summed E-state index contributed by atoms with van der Waals surface area (Å²) in [4.78, 5) is 31.9. The van der Waals surface area contributed by atoms with Crippen molar-refractivity contribution in [1.82, 2.24) is 0 Å². The van der Waals surface area contributed by atoms with E-state index >= 15 is 0 Å². The largest absolute Gasteiger partial charge is 0.317 e. The molecule has 8 nitrogen and oxygen atoms in total. The van der Waals surface area contributed by atoms with Gasteiger partial charge in [0.25, 0.3) is 17.3 Å². The molecular weight excluding hydrogens is 385 g/mol. The van der Waals surface area contributed by atoms with Gasteiger partial charge in [0.05, 0.1) is 15.4 Å². The lowest BCUT2D eigenvalue weighted by molar-refractivity contribution is -0.395. The molecule has 0 bridgehead atoms. The van der Waals surface area contributed by atoms with Crippen molar-refractivity contribution in [2.24, 2.45) is 0 Å².